The van der Waals surface area contributed by atoms with Gasteiger partial charge < -0.3 is 15.2 Å². The van der Waals surface area contributed by atoms with E-state index in [0.29, 0.717) is 6.04 Å². The Hall–Kier alpha value is -0.870. The van der Waals surface area contributed by atoms with Crippen LogP contribution in [0.3, 0.4) is 0 Å². The van der Waals surface area contributed by atoms with Gasteiger partial charge in [0.1, 0.15) is 0 Å². The summed E-state index contributed by atoms with van der Waals surface area (Å²) in [5.41, 5.74) is 2.27. The van der Waals surface area contributed by atoms with Gasteiger partial charge in [-0.3, -0.25) is 0 Å². The average Bonchev–Trinajstić information content (AvgIpc) is 2.62. The highest BCUT2D eigenvalue weighted by Crippen LogP contribution is 2.08. The van der Waals surface area contributed by atoms with Gasteiger partial charge in [0.25, 0.3) is 0 Å². The van der Waals surface area contributed by atoms with Crippen LogP contribution in [-0.2, 0) is 6.54 Å². The maximum Gasteiger partial charge on any atom is 0.0925 e. The van der Waals surface area contributed by atoms with Crippen LogP contribution in [0.5, 0.6) is 0 Å². The number of rotatable bonds is 7. The van der Waals surface area contributed by atoms with Crippen LogP contribution in [-0.4, -0.2) is 41.5 Å². The molecule has 0 radical (unpaired) electrons. The fourth-order valence-corrected chi connectivity index (χ4v) is 1.94. The summed E-state index contributed by atoms with van der Waals surface area (Å²) in [6.45, 7) is 8.46. The molecule has 0 saturated carbocycles. The van der Waals surface area contributed by atoms with E-state index in [1.807, 2.05) is 0 Å². The van der Waals surface area contributed by atoms with E-state index in [0.717, 1.165) is 30.4 Å². The van der Waals surface area contributed by atoms with Crippen molar-refractivity contribution >= 4 is 0 Å². The van der Waals surface area contributed by atoms with E-state index >= 15 is 0 Å². The predicted octanol–water partition coefficient (Wildman–Crippen LogP) is 1.78. The van der Waals surface area contributed by atoms with Gasteiger partial charge in [0.15, 0.2) is 0 Å². The van der Waals surface area contributed by atoms with Crippen LogP contribution in [0.15, 0.2) is 6.33 Å². The number of nitrogens with zero attached hydrogens (tertiary/aromatic N) is 2. The lowest BCUT2D eigenvalue weighted by Crippen LogP contribution is -2.38. The van der Waals surface area contributed by atoms with Crippen molar-refractivity contribution in [3.8, 4) is 0 Å². The summed E-state index contributed by atoms with van der Waals surface area (Å²) < 4.78 is 0. The lowest BCUT2D eigenvalue weighted by atomic mass is 10.0. The third-order valence-corrected chi connectivity index (χ3v) is 3.08. The summed E-state index contributed by atoms with van der Waals surface area (Å²) in [5.74, 6) is 0.733. The van der Waals surface area contributed by atoms with E-state index in [1.165, 1.54) is 6.42 Å². The Morgan fingerprint density at radius 3 is 2.59 bits per heavy atom. The van der Waals surface area contributed by atoms with E-state index in [-0.39, 0.29) is 0 Å². The molecule has 1 heterocycles. The van der Waals surface area contributed by atoms with Crippen LogP contribution in [0.25, 0.3) is 0 Å². The molecule has 98 valence electrons. The molecule has 0 saturated heterocycles. The topological polar surface area (TPSA) is 44.0 Å². The maximum absolute atomic E-state index is 4.29. The van der Waals surface area contributed by atoms with Gasteiger partial charge in [-0.2, -0.15) is 0 Å². The smallest absolute Gasteiger partial charge is 0.0925 e. The first-order valence-corrected chi connectivity index (χ1v) is 6.36. The summed E-state index contributed by atoms with van der Waals surface area (Å²) in [7, 11) is 4.29. The van der Waals surface area contributed by atoms with Crippen molar-refractivity contribution in [2.45, 2.75) is 39.8 Å². The number of aromatic amines is 1. The molecule has 0 aliphatic rings. The SMILES string of the molecule is Cc1[nH]cnc1CNCC(CC(C)C)N(C)C. The Bertz CT molecular complexity index is 317. The second-order valence-electron chi connectivity index (χ2n) is 5.35. The minimum absolute atomic E-state index is 0.592. The average molecular weight is 238 g/mol. The van der Waals surface area contributed by atoms with Gasteiger partial charge in [0.05, 0.1) is 12.0 Å². The molecule has 1 atom stereocenters. The zero-order valence-electron chi connectivity index (χ0n) is 11.7. The predicted molar refractivity (Wildman–Crippen MR) is 72.0 cm³/mol. The summed E-state index contributed by atoms with van der Waals surface area (Å²) in [5, 5.41) is 3.49. The number of likely N-dealkylation sites (N-methyl/N-ethyl adjacent to an activating group) is 1. The first-order valence-electron chi connectivity index (χ1n) is 6.36. The summed E-state index contributed by atoms with van der Waals surface area (Å²) >= 11 is 0. The molecule has 1 aromatic heterocycles. The third kappa shape index (κ3) is 4.88. The summed E-state index contributed by atoms with van der Waals surface area (Å²) in [6.07, 6.45) is 2.98. The molecule has 0 amide bonds. The van der Waals surface area contributed by atoms with Crippen LogP contribution >= 0.6 is 0 Å². The zero-order chi connectivity index (χ0) is 12.8. The Labute approximate surface area is 105 Å². The number of aryl methyl sites for hydroxylation is 1. The van der Waals surface area contributed by atoms with Crippen molar-refractivity contribution in [1.82, 2.24) is 20.2 Å². The molecular formula is C13H26N4. The third-order valence-electron chi connectivity index (χ3n) is 3.08. The van der Waals surface area contributed by atoms with Crippen LogP contribution in [0.2, 0.25) is 0 Å². The largest absolute Gasteiger partial charge is 0.348 e. The van der Waals surface area contributed by atoms with Crippen molar-refractivity contribution in [3.63, 3.8) is 0 Å². The highest BCUT2D eigenvalue weighted by Gasteiger charge is 2.13. The fourth-order valence-electron chi connectivity index (χ4n) is 1.94. The number of hydrogen-bond acceptors (Lipinski definition) is 3. The van der Waals surface area contributed by atoms with Crippen molar-refractivity contribution in [1.29, 1.82) is 0 Å². The van der Waals surface area contributed by atoms with E-state index in [9.17, 15) is 0 Å². The van der Waals surface area contributed by atoms with Gasteiger partial charge >= 0.3 is 0 Å². The van der Waals surface area contributed by atoms with Gasteiger partial charge in [-0.05, 0) is 33.4 Å². The molecule has 4 nitrogen and oxygen atoms in total. The highest BCUT2D eigenvalue weighted by atomic mass is 15.1. The molecule has 4 heteroatoms. The van der Waals surface area contributed by atoms with Crippen LogP contribution < -0.4 is 5.32 Å². The molecule has 0 aliphatic carbocycles. The normalized spacial score (nSPS) is 13.6. The Balaban J connectivity index is 2.34. The Kier molecular flexibility index (Phi) is 5.65. The number of imidazole rings is 1. The molecule has 0 fully saturated rings. The molecule has 2 N–H and O–H groups in total. The number of nitrogens with one attached hydrogen (secondary N) is 2. The Morgan fingerprint density at radius 1 is 1.41 bits per heavy atom. The summed E-state index contributed by atoms with van der Waals surface area (Å²) in [6, 6.07) is 0.592. The van der Waals surface area contributed by atoms with Crippen LogP contribution in [0.1, 0.15) is 31.7 Å². The minimum atomic E-state index is 0.592. The van der Waals surface area contributed by atoms with Gasteiger partial charge in [-0.25, -0.2) is 4.98 Å². The van der Waals surface area contributed by atoms with Crippen molar-refractivity contribution in [3.05, 3.63) is 17.7 Å². The van der Waals surface area contributed by atoms with E-state index < -0.39 is 0 Å². The van der Waals surface area contributed by atoms with Gasteiger partial charge in [-0.1, -0.05) is 13.8 Å². The molecule has 0 aromatic carbocycles. The minimum Gasteiger partial charge on any atom is -0.348 e. The molecule has 0 aliphatic heterocycles. The molecule has 1 unspecified atom stereocenters. The van der Waals surface area contributed by atoms with Gasteiger partial charge in [0.2, 0.25) is 0 Å². The monoisotopic (exact) mass is 238 g/mol. The molecule has 1 rings (SSSR count). The molecule has 0 spiro atoms. The standard InChI is InChI=1S/C13H26N4/c1-10(2)6-12(17(4)5)7-14-8-13-11(3)15-9-16-13/h9-10,12,14H,6-8H2,1-5H3,(H,15,16). The van der Waals surface area contributed by atoms with E-state index in [1.54, 1.807) is 6.33 Å². The number of H-pyrrole nitrogens is 1. The molecule has 1 aromatic rings. The van der Waals surface area contributed by atoms with Gasteiger partial charge in [0, 0.05) is 24.8 Å². The second kappa shape index (κ2) is 6.77. The van der Waals surface area contributed by atoms with E-state index in [2.05, 4.69) is 55.1 Å². The molecular weight excluding hydrogens is 212 g/mol. The number of hydrogen-bond donors (Lipinski definition) is 2. The quantitative estimate of drug-likeness (QED) is 0.761. The Morgan fingerprint density at radius 2 is 2.12 bits per heavy atom. The molecule has 0 bridgehead atoms. The van der Waals surface area contributed by atoms with Crippen molar-refractivity contribution < 1.29 is 0 Å². The maximum atomic E-state index is 4.29. The van der Waals surface area contributed by atoms with Crippen molar-refractivity contribution in [2.75, 3.05) is 20.6 Å². The first-order chi connectivity index (χ1) is 8.00. The number of aromatic nitrogens is 2. The summed E-state index contributed by atoms with van der Waals surface area (Å²) in [4.78, 5) is 9.68. The fraction of sp³-hybridized carbons (Fsp3) is 0.769. The first kappa shape index (κ1) is 14.2. The zero-order valence-corrected chi connectivity index (χ0v) is 11.7. The molecule has 17 heavy (non-hydrogen) atoms. The second-order valence-corrected chi connectivity index (χ2v) is 5.35. The van der Waals surface area contributed by atoms with E-state index in [4.69, 9.17) is 0 Å². The van der Waals surface area contributed by atoms with Crippen molar-refractivity contribution in [2.24, 2.45) is 5.92 Å². The van der Waals surface area contributed by atoms with Crippen LogP contribution in [0.4, 0.5) is 0 Å². The lowest BCUT2D eigenvalue weighted by Gasteiger charge is -2.26. The highest BCUT2D eigenvalue weighted by molar-refractivity contribution is 5.07. The lowest BCUT2D eigenvalue weighted by molar-refractivity contribution is 0.246. The van der Waals surface area contributed by atoms with Crippen LogP contribution in [0, 0.1) is 12.8 Å². The van der Waals surface area contributed by atoms with Gasteiger partial charge in [-0.15, -0.1) is 0 Å².